The molecule has 108 valence electrons. The molecule has 1 aliphatic carbocycles. The van der Waals surface area contributed by atoms with Crippen molar-refractivity contribution in [2.75, 3.05) is 6.54 Å². The molecule has 1 aromatic heterocycles. The number of aromatic nitrogens is 2. The van der Waals surface area contributed by atoms with Crippen molar-refractivity contribution in [1.29, 1.82) is 0 Å². The van der Waals surface area contributed by atoms with Crippen LogP contribution in [0.5, 0.6) is 0 Å². The average molecular weight is 276 g/mol. The van der Waals surface area contributed by atoms with E-state index in [-0.39, 0.29) is 23.9 Å². The van der Waals surface area contributed by atoms with Gasteiger partial charge in [0.05, 0.1) is 6.54 Å². The van der Waals surface area contributed by atoms with Gasteiger partial charge in [0.15, 0.2) is 0 Å². The second-order valence-electron chi connectivity index (χ2n) is 5.55. The molecule has 6 nitrogen and oxygen atoms in total. The second-order valence-corrected chi connectivity index (χ2v) is 5.55. The molecular formula is C14H20N4O2. The van der Waals surface area contributed by atoms with Crippen molar-refractivity contribution in [1.82, 2.24) is 20.0 Å². The van der Waals surface area contributed by atoms with Crippen molar-refractivity contribution in [3.63, 3.8) is 0 Å². The van der Waals surface area contributed by atoms with Crippen LogP contribution in [-0.2, 0) is 16.1 Å². The summed E-state index contributed by atoms with van der Waals surface area (Å²) in [6.45, 7) is 3.10. The molecule has 2 heterocycles. The van der Waals surface area contributed by atoms with E-state index in [1.807, 2.05) is 19.2 Å². The summed E-state index contributed by atoms with van der Waals surface area (Å²) < 4.78 is 1.80. The van der Waals surface area contributed by atoms with Crippen molar-refractivity contribution in [2.45, 2.75) is 44.8 Å². The summed E-state index contributed by atoms with van der Waals surface area (Å²) in [6.07, 6.45) is 6.32. The fraction of sp³-hybridized carbons (Fsp3) is 0.643. The quantitative estimate of drug-likeness (QED) is 0.846. The van der Waals surface area contributed by atoms with Crippen LogP contribution in [0.3, 0.4) is 0 Å². The van der Waals surface area contributed by atoms with Crippen LogP contribution in [0.4, 0.5) is 0 Å². The molecule has 2 unspecified atom stereocenters. The summed E-state index contributed by atoms with van der Waals surface area (Å²) >= 11 is 0. The van der Waals surface area contributed by atoms with Crippen LogP contribution in [-0.4, -0.2) is 45.1 Å². The third-order valence-electron chi connectivity index (χ3n) is 4.11. The van der Waals surface area contributed by atoms with Gasteiger partial charge in [0.1, 0.15) is 12.1 Å². The lowest BCUT2D eigenvalue weighted by molar-refractivity contribution is -0.150. The molecule has 2 amide bonds. The van der Waals surface area contributed by atoms with Crippen molar-refractivity contribution >= 4 is 11.8 Å². The van der Waals surface area contributed by atoms with Gasteiger partial charge >= 0.3 is 0 Å². The van der Waals surface area contributed by atoms with Crippen LogP contribution in [0.15, 0.2) is 18.5 Å². The Hall–Kier alpha value is -1.85. The molecule has 20 heavy (non-hydrogen) atoms. The first-order valence-electron chi connectivity index (χ1n) is 7.29. The highest BCUT2D eigenvalue weighted by molar-refractivity contribution is 5.97. The van der Waals surface area contributed by atoms with Gasteiger partial charge in [-0.2, -0.15) is 5.10 Å². The minimum atomic E-state index is -0.366. The van der Waals surface area contributed by atoms with E-state index >= 15 is 0 Å². The highest BCUT2D eigenvalue weighted by Gasteiger charge is 2.47. The molecule has 3 rings (SSSR count). The molecule has 0 aromatic carbocycles. The van der Waals surface area contributed by atoms with Gasteiger partial charge in [0.25, 0.3) is 0 Å². The maximum atomic E-state index is 12.5. The zero-order valence-electron chi connectivity index (χ0n) is 11.7. The van der Waals surface area contributed by atoms with Crippen molar-refractivity contribution in [2.24, 2.45) is 5.92 Å². The van der Waals surface area contributed by atoms with E-state index in [9.17, 15) is 9.59 Å². The van der Waals surface area contributed by atoms with E-state index in [1.54, 1.807) is 15.8 Å². The number of carbonyl (C=O) groups is 2. The Morgan fingerprint density at radius 1 is 1.35 bits per heavy atom. The van der Waals surface area contributed by atoms with E-state index in [4.69, 9.17) is 0 Å². The molecule has 0 radical (unpaired) electrons. The molecule has 1 aromatic rings. The zero-order valence-corrected chi connectivity index (χ0v) is 11.7. The molecule has 1 saturated heterocycles. The molecule has 0 bridgehead atoms. The first kappa shape index (κ1) is 13.1. The summed E-state index contributed by atoms with van der Waals surface area (Å²) in [6, 6.07) is 1.22. The van der Waals surface area contributed by atoms with Gasteiger partial charge in [0.2, 0.25) is 11.8 Å². The fourth-order valence-corrected chi connectivity index (χ4v) is 2.85. The number of rotatable bonds is 5. The molecule has 1 N–H and O–H groups in total. The Bertz CT molecular complexity index is 495. The van der Waals surface area contributed by atoms with Gasteiger partial charge in [-0.3, -0.25) is 14.3 Å². The molecule has 1 aliphatic heterocycles. The number of carbonyl (C=O) groups excluding carboxylic acids is 2. The summed E-state index contributed by atoms with van der Waals surface area (Å²) in [7, 11) is 0. The third kappa shape index (κ3) is 2.42. The lowest BCUT2D eigenvalue weighted by atomic mass is 10.0. The van der Waals surface area contributed by atoms with Crippen LogP contribution < -0.4 is 5.32 Å². The SMILES string of the molecule is CCC1NC(=O)C(C2CC2)N(CCn2cccn2)C1=O. The van der Waals surface area contributed by atoms with Crippen LogP contribution >= 0.6 is 0 Å². The monoisotopic (exact) mass is 276 g/mol. The van der Waals surface area contributed by atoms with Crippen molar-refractivity contribution in [3.05, 3.63) is 18.5 Å². The van der Waals surface area contributed by atoms with E-state index in [1.165, 1.54) is 0 Å². The Balaban J connectivity index is 1.74. The second kappa shape index (κ2) is 5.26. The normalized spacial score (nSPS) is 26.8. The first-order valence-corrected chi connectivity index (χ1v) is 7.29. The van der Waals surface area contributed by atoms with Crippen molar-refractivity contribution in [3.8, 4) is 0 Å². The van der Waals surface area contributed by atoms with Gasteiger partial charge in [-0.15, -0.1) is 0 Å². The standard InChI is InChI=1S/C14H20N4O2/c1-2-11-14(20)18(9-8-17-7-3-6-15-17)12(10-4-5-10)13(19)16-11/h3,6-7,10-12H,2,4-5,8-9H2,1H3,(H,16,19). The lowest BCUT2D eigenvalue weighted by Crippen LogP contribution is -2.64. The van der Waals surface area contributed by atoms with E-state index < -0.39 is 0 Å². The molecule has 2 fully saturated rings. The van der Waals surface area contributed by atoms with E-state index in [0.717, 1.165) is 12.8 Å². The van der Waals surface area contributed by atoms with Gasteiger partial charge in [0, 0.05) is 18.9 Å². The average Bonchev–Trinajstić information content (AvgIpc) is 3.14. The highest BCUT2D eigenvalue weighted by Crippen LogP contribution is 2.37. The van der Waals surface area contributed by atoms with E-state index in [0.29, 0.717) is 25.4 Å². The predicted octanol–water partition coefficient (Wildman–Crippen LogP) is 0.399. The third-order valence-corrected chi connectivity index (χ3v) is 4.11. The molecule has 2 aliphatic rings. The maximum absolute atomic E-state index is 12.5. The summed E-state index contributed by atoms with van der Waals surface area (Å²) in [4.78, 5) is 26.5. The van der Waals surface area contributed by atoms with Gasteiger partial charge in [-0.1, -0.05) is 6.92 Å². The van der Waals surface area contributed by atoms with Crippen LogP contribution in [0.25, 0.3) is 0 Å². The van der Waals surface area contributed by atoms with Crippen molar-refractivity contribution < 1.29 is 9.59 Å². The minimum absolute atomic E-state index is 0.0133. The summed E-state index contributed by atoms with van der Waals surface area (Å²) in [5.41, 5.74) is 0. The number of nitrogens with zero attached hydrogens (tertiary/aromatic N) is 3. The molecule has 1 saturated carbocycles. The molecular weight excluding hydrogens is 256 g/mol. The highest BCUT2D eigenvalue weighted by atomic mass is 16.2. The summed E-state index contributed by atoms with van der Waals surface area (Å²) in [5.74, 6) is 0.407. The van der Waals surface area contributed by atoms with E-state index in [2.05, 4.69) is 10.4 Å². The smallest absolute Gasteiger partial charge is 0.245 e. The predicted molar refractivity (Wildman–Crippen MR) is 72.7 cm³/mol. The maximum Gasteiger partial charge on any atom is 0.245 e. The Morgan fingerprint density at radius 3 is 2.75 bits per heavy atom. The van der Waals surface area contributed by atoms with Crippen LogP contribution in [0, 0.1) is 5.92 Å². The Labute approximate surface area is 118 Å². The first-order chi connectivity index (χ1) is 9.70. The largest absolute Gasteiger partial charge is 0.343 e. The van der Waals surface area contributed by atoms with Gasteiger partial charge in [-0.25, -0.2) is 0 Å². The number of piperazine rings is 1. The molecule has 0 spiro atoms. The van der Waals surface area contributed by atoms with Crippen LogP contribution in [0.1, 0.15) is 26.2 Å². The Morgan fingerprint density at radius 2 is 2.15 bits per heavy atom. The van der Waals surface area contributed by atoms with Gasteiger partial charge < -0.3 is 10.2 Å². The van der Waals surface area contributed by atoms with Gasteiger partial charge in [-0.05, 0) is 31.2 Å². The summed E-state index contributed by atoms with van der Waals surface area (Å²) in [5, 5.41) is 7.01. The number of hydrogen-bond donors (Lipinski definition) is 1. The number of nitrogens with one attached hydrogen (secondary N) is 1. The Kier molecular flexibility index (Phi) is 3.46. The number of amides is 2. The fourth-order valence-electron chi connectivity index (χ4n) is 2.85. The van der Waals surface area contributed by atoms with Crippen LogP contribution in [0.2, 0.25) is 0 Å². The topological polar surface area (TPSA) is 67.2 Å². The number of hydrogen-bond acceptors (Lipinski definition) is 3. The minimum Gasteiger partial charge on any atom is -0.343 e. The lowest BCUT2D eigenvalue weighted by Gasteiger charge is -2.39. The molecule has 2 atom stereocenters. The molecule has 6 heteroatoms. The zero-order chi connectivity index (χ0) is 14.1.